The lowest BCUT2D eigenvalue weighted by Crippen LogP contribution is -2.41. The van der Waals surface area contributed by atoms with Crippen molar-refractivity contribution in [3.05, 3.63) is 30.3 Å². The first-order chi connectivity index (χ1) is 7.91. The van der Waals surface area contributed by atoms with Crippen LogP contribution in [0.4, 0.5) is 18.9 Å². The van der Waals surface area contributed by atoms with Crippen molar-refractivity contribution >= 4 is 11.4 Å². The number of aliphatic hydroxyl groups excluding tert-OH is 1. The summed E-state index contributed by atoms with van der Waals surface area (Å²) in [5, 5.41) is 14.5. The van der Waals surface area contributed by atoms with Crippen LogP contribution in [0.1, 0.15) is 6.92 Å². The van der Waals surface area contributed by atoms with Crippen molar-refractivity contribution in [3.63, 3.8) is 0 Å². The zero-order valence-electron chi connectivity index (χ0n) is 9.02. The van der Waals surface area contributed by atoms with Crippen LogP contribution in [0, 0.1) is 5.92 Å². The predicted molar refractivity (Wildman–Crippen MR) is 57.6 cm³/mol. The Bertz CT molecular complexity index is 430. The lowest BCUT2D eigenvalue weighted by molar-refractivity contribution is -0.174. The molecule has 3 nitrogen and oxygen atoms in total. The highest BCUT2D eigenvalue weighted by Gasteiger charge is 2.51. The third kappa shape index (κ3) is 2.12. The summed E-state index contributed by atoms with van der Waals surface area (Å²) in [7, 11) is 0. The summed E-state index contributed by atoms with van der Waals surface area (Å²) in [6.45, 7) is 1.27. The molecule has 2 rings (SSSR count). The lowest BCUT2D eigenvalue weighted by Gasteiger charge is -2.24. The number of alkyl halides is 3. The van der Waals surface area contributed by atoms with Gasteiger partial charge in [-0.3, -0.25) is 0 Å². The number of rotatable bonds is 1. The van der Waals surface area contributed by atoms with E-state index in [1.165, 1.54) is 6.92 Å². The zero-order chi connectivity index (χ0) is 12.6. The van der Waals surface area contributed by atoms with Gasteiger partial charge in [0.05, 0.1) is 11.4 Å². The molecule has 0 amide bonds. The molecule has 1 aromatic rings. The van der Waals surface area contributed by atoms with Crippen LogP contribution in [0.15, 0.2) is 35.4 Å². The Balaban J connectivity index is 2.31. The molecule has 2 atom stereocenters. The molecule has 6 heteroatoms. The van der Waals surface area contributed by atoms with E-state index in [2.05, 4.69) is 5.10 Å². The van der Waals surface area contributed by atoms with E-state index in [0.717, 1.165) is 5.01 Å². The number of hydrogen-bond donors (Lipinski definition) is 1. The first-order valence-electron chi connectivity index (χ1n) is 5.05. The lowest BCUT2D eigenvalue weighted by atomic mass is 10.0. The summed E-state index contributed by atoms with van der Waals surface area (Å²) in [5.41, 5.74) is 0.306. The van der Waals surface area contributed by atoms with E-state index >= 15 is 0 Å². The Hall–Kier alpha value is -1.56. The molecular weight excluding hydrogens is 233 g/mol. The molecule has 0 saturated heterocycles. The standard InChI is InChI=1S/C11H11F3N2O/c1-7-9(11(12,13)14)10(17)16(15-7)8-5-3-2-4-6-8/h2-6,9-10,17H,1H3. The van der Waals surface area contributed by atoms with E-state index in [-0.39, 0.29) is 5.71 Å². The van der Waals surface area contributed by atoms with Gasteiger partial charge in [0.15, 0.2) is 6.23 Å². The monoisotopic (exact) mass is 244 g/mol. The van der Waals surface area contributed by atoms with Crippen LogP contribution in [0.25, 0.3) is 0 Å². The molecule has 17 heavy (non-hydrogen) atoms. The van der Waals surface area contributed by atoms with Gasteiger partial charge < -0.3 is 5.11 Å². The summed E-state index contributed by atoms with van der Waals surface area (Å²) >= 11 is 0. The molecule has 0 saturated carbocycles. The van der Waals surface area contributed by atoms with Crippen LogP contribution in [-0.2, 0) is 0 Å². The smallest absolute Gasteiger partial charge is 0.371 e. The van der Waals surface area contributed by atoms with Crippen LogP contribution in [0.2, 0.25) is 0 Å². The van der Waals surface area contributed by atoms with E-state index in [4.69, 9.17) is 0 Å². The maximum atomic E-state index is 12.7. The molecule has 0 aliphatic carbocycles. The van der Waals surface area contributed by atoms with Gasteiger partial charge in [0, 0.05) is 0 Å². The number of halogens is 3. The van der Waals surface area contributed by atoms with Crippen molar-refractivity contribution < 1.29 is 18.3 Å². The number of para-hydroxylation sites is 1. The maximum Gasteiger partial charge on any atom is 0.401 e. The van der Waals surface area contributed by atoms with E-state index in [1.807, 2.05) is 0 Å². The average molecular weight is 244 g/mol. The normalized spacial score (nSPS) is 25.0. The Morgan fingerprint density at radius 1 is 1.24 bits per heavy atom. The molecule has 0 fully saturated rings. The minimum absolute atomic E-state index is 0.131. The molecule has 1 aliphatic rings. The second-order valence-corrected chi connectivity index (χ2v) is 3.85. The first kappa shape index (κ1) is 11.9. The summed E-state index contributed by atoms with van der Waals surface area (Å²) in [4.78, 5) is 0. The second kappa shape index (κ2) is 4.03. The van der Waals surface area contributed by atoms with Crippen molar-refractivity contribution in [3.8, 4) is 0 Å². The number of hydrazone groups is 1. The van der Waals surface area contributed by atoms with E-state index in [9.17, 15) is 18.3 Å². The first-order valence-corrected chi connectivity index (χ1v) is 5.05. The fourth-order valence-corrected chi connectivity index (χ4v) is 1.85. The largest absolute Gasteiger partial charge is 0.401 e. The average Bonchev–Trinajstić information content (AvgIpc) is 2.54. The van der Waals surface area contributed by atoms with Gasteiger partial charge in [-0.05, 0) is 19.1 Å². The summed E-state index contributed by atoms with van der Waals surface area (Å²) < 4.78 is 38.0. The molecule has 0 spiro atoms. The molecule has 0 aromatic heterocycles. The van der Waals surface area contributed by atoms with Crippen molar-refractivity contribution in [2.24, 2.45) is 11.0 Å². The van der Waals surface area contributed by atoms with Crippen molar-refractivity contribution in [1.29, 1.82) is 0 Å². The number of hydrogen-bond acceptors (Lipinski definition) is 3. The highest BCUT2D eigenvalue weighted by Crippen LogP contribution is 2.37. The number of benzene rings is 1. The van der Waals surface area contributed by atoms with Crippen LogP contribution < -0.4 is 5.01 Å². The summed E-state index contributed by atoms with van der Waals surface area (Å²) in [5.74, 6) is -1.93. The minimum atomic E-state index is -4.49. The molecule has 0 radical (unpaired) electrons. The second-order valence-electron chi connectivity index (χ2n) is 3.85. The van der Waals surface area contributed by atoms with Crippen molar-refractivity contribution in [2.45, 2.75) is 19.3 Å². The van der Waals surface area contributed by atoms with Crippen LogP contribution >= 0.6 is 0 Å². The molecule has 92 valence electrons. The third-order valence-corrected chi connectivity index (χ3v) is 2.64. The summed E-state index contributed by atoms with van der Waals surface area (Å²) in [6.07, 6.45) is -6.19. The Labute approximate surface area is 96.2 Å². The van der Waals surface area contributed by atoms with Crippen LogP contribution in [-0.4, -0.2) is 23.2 Å². The minimum Gasteiger partial charge on any atom is -0.371 e. The molecule has 1 N–H and O–H groups in total. The molecule has 0 bridgehead atoms. The van der Waals surface area contributed by atoms with Gasteiger partial charge in [-0.25, -0.2) is 5.01 Å². The van der Waals surface area contributed by atoms with Gasteiger partial charge >= 0.3 is 6.18 Å². The Kier molecular flexibility index (Phi) is 2.82. The van der Waals surface area contributed by atoms with Gasteiger partial charge in [0.1, 0.15) is 5.92 Å². The van der Waals surface area contributed by atoms with Gasteiger partial charge in [-0.15, -0.1) is 0 Å². The SMILES string of the molecule is CC1=NN(c2ccccc2)C(O)C1C(F)(F)F. The van der Waals surface area contributed by atoms with Crippen LogP contribution in [0.3, 0.4) is 0 Å². The third-order valence-electron chi connectivity index (χ3n) is 2.64. The van der Waals surface area contributed by atoms with Crippen molar-refractivity contribution in [2.75, 3.05) is 5.01 Å². The van der Waals surface area contributed by atoms with Gasteiger partial charge in [0.25, 0.3) is 0 Å². The fourth-order valence-electron chi connectivity index (χ4n) is 1.85. The van der Waals surface area contributed by atoms with Gasteiger partial charge in [0.2, 0.25) is 0 Å². The van der Waals surface area contributed by atoms with Gasteiger partial charge in [-0.2, -0.15) is 18.3 Å². The van der Waals surface area contributed by atoms with E-state index in [0.29, 0.717) is 5.69 Å². The Morgan fingerprint density at radius 3 is 2.29 bits per heavy atom. The topological polar surface area (TPSA) is 35.8 Å². The van der Waals surface area contributed by atoms with Crippen molar-refractivity contribution in [1.82, 2.24) is 0 Å². The zero-order valence-corrected chi connectivity index (χ0v) is 9.02. The van der Waals surface area contributed by atoms with E-state index < -0.39 is 18.3 Å². The predicted octanol–water partition coefficient (Wildman–Crippen LogP) is 2.38. The van der Waals surface area contributed by atoms with Crippen LogP contribution in [0.5, 0.6) is 0 Å². The number of anilines is 1. The maximum absolute atomic E-state index is 12.7. The highest BCUT2D eigenvalue weighted by atomic mass is 19.4. The summed E-state index contributed by atoms with van der Waals surface area (Å²) in [6, 6.07) is 8.28. The molecule has 1 aliphatic heterocycles. The molecule has 1 aromatic carbocycles. The quantitative estimate of drug-likeness (QED) is 0.823. The van der Waals surface area contributed by atoms with E-state index in [1.54, 1.807) is 30.3 Å². The van der Waals surface area contributed by atoms with Gasteiger partial charge in [-0.1, -0.05) is 18.2 Å². The Morgan fingerprint density at radius 2 is 1.82 bits per heavy atom. The number of aliphatic hydroxyl groups is 1. The molecular formula is C11H11F3N2O. The number of nitrogens with zero attached hydrogens (tertiary/aromatic N) is 2. The fraction of sp³-hybridized carbons (Fsp3) is 0.364. The highest BCUT2D eigenvalue weighted by molar-refractivity contribution is 5.89. The molecule has 1 heterocycles. The molecule has 2 unspecified atom stereocenters.